The van der Waals surface area contributed by atoms with Crippen molar-refractivity contribution in [3.05, 3.63) is 18.1 Å². The van der Waals surface area contributed by atoms with Gasteiger partial charge in [-0.2, -0.15) is 0 Å². The van der Waals surface area contributed by atoms with Gasteiger partial charge in [-0.3, -0.25) is 4.90 Å². The molecule has 0 spiro atoms. The van der Waals surface area contributed by atoms with Crippen molar-refractivity contribution < 1.29 is 14.3 Å². The van der Waals surface area contributed by atoms with E-state index in [1.165, 1.54) is 6.33 Å². The number of fused-ring (bicyclic) bond motifs is 1. The van der Waals surface area contributed by atoms with E-state index < -0.39 is 5.60 Å². The van der Waals surface area contributed by atoms with Crippen molar-refractivity contribution in [1.29, 1.82) is 0 Å². The molecule has 3 rings (SSSR count). The van der Waals surface area contributed by atoms with Crippen molar-refractivity contribution >= 4 is 22.9 Å². The molecule has 1 saturated heterocycles. The van der Waals surface area contributed by atoms with E-state index in [1.54, 1.807) is 0 Å². The summed E-state index contributed by atoms with van der Waals surface area (Å²) in [4.78, 5) is 26.7. The molecule has 0 aromatic carbocycles. The van der Waals surface area contributed by atoms with Crippen molar-refractivity contribution in [3.63, 3.8) is 0 Å². The largest absolute Gasteiger partial charge is 0.444 e. The normalized spacial score (nSPS) is 22.4. The van der Waals surface area contributed by atoms with Gasteiger partial charge < -0.3 is 20.2 Å². The molecule has 1 fully saturated rings. The lowest BCUT2D eigenvalue weighted by Crippen LogP contribution is -2.43. The van der Waals surface area contributed by atoms with Gasteiger partial charge in [0, 0.05) is 18.4 Å². The molecule has 160 valence electrons. The third-order valence-electron chi connectivity index (χ3n) is 5.27. The number of aromatic amines is 1. The first-order valence-corrected chi connectivity index (χ1v) is 10.4. The summed E-state index contributed by atoms with van der Waals surface area (Å²) in [5.74, 6) is 0.618. The lowest BCUT2D eigenvalue weighted by Gasteiger charge is -2.33. The molecule has 3 heterocycles. The second-order valence-electron chi connectivity index (χ2n) is 8.85. The van der Waals surface area contributed by atoms with E-state index in [0.29, 0.717) is 24.5 Å². The monoisotopic (exact) mass is 403 g/mol. The maximum Gasteiger partial charge on any atom is 0.411 e. The van der Waals surface area contributed by atoms with E-state index in [2.05, 4.69) is 28.8 Å². The van der Waals surface area contributed by atoms with Crippen LogP contribution in [0.15, 0.2) is 12.5 Å². The SMILES string of the molecule is CCCCOC[C@@H]1C[C@H](C)[C@H](c2c[nH]c3c(N)ncnc23)N1C(=O)OC(C)(C)C. The summed E-state index contributed by atoms with van der Waals surface area (Å²) in [5.41, 5.74) is 7.79. The number of nitrogens with zero attached hydrogens (tertiary/aromatic N) is 3. The molecule has 0 saturated carbocycles. The fourth-order valence-electron chi connectivity index (χ4n) is 4.02. The van der Waals surface area contributed by atoms with E-state index >= 15 is 0 Å². The molecule has 1 aliphatic heterocycles. The summed E-state index contributed by atoms with van der Waals surface area (Å²) in [6, 6.07) is -0.224. The van der Waals surface area contributed by atoms with E-state index in [-0.39, 0.29) is 24.1 Å². The molecule has 1 aliphatic rings. The Morgan fingerprint density at radius 1 is 1.38 bits per heavy atom. The molecule has 3 N–H and O–H groups in total. The highest BCUT2D eigenvalue weighted by Crippen LogP contribution is 2.44. The van der Waals surface area contributed by atoms with Gasteiger partial charge in [0.2, 0.25) is 0 Å². The minimum atomic E-state index is -0.576. The number of hydrogen-bond donors (Lipinski definition) is 2. The van der Waals surface area contributed by atoms with Crippen LogP contribution >= 0.6 is 0 Å². The topological polar surface area (TPSA) is 106 Å². The first-order chi connectivity index (χ1) is 13.7. The van der Waals surface area contributed by atoms with Crippen LogP contribution in [0.5, 0.6) is 0 Å². The number of nitrogens with one attached hydrogen (secondary N) is 1. The molecular formula is C21H33N5O3. The highest BCUT2D eigenvalue weighted by atomic mass is 16.6. The van der Waals surface area contributed by atoms with Gasteiger partial charge in [-0.15, -0.1) is 0 Å². The van der Waals surface area contributed by atoms with E-state index in [0.717, 1.165) is 30.3 Å². The molecule has 2 aromatic heterocycles. The second-order valence-corrected chi connectivity index (χ2v) is 8.85. The molecule has 0 aliphatic carbocycles. The number of nitrogen functional groups attached to an aromatic ring is 1. The average Bonchev–Trinajstić information content (AvgIpc) is 3.19. The number of rotatable bonds is 6. The van der Waals surface area contributed by atoms with Crippen molar-refractivity contribution in [2.24, 2.45) is 5.92 Å². The number of hydrogen-bond acceptors (Lipinski definition) is 6. The Kier molecular flexibility index (Phi) is 6.31. The molecule has 0 radical (unpaired) electrons. The molecule has 1 amide bonds. The molecule has 8 nitrogen and oxygen atoms in total. The molecule has 29 heavy (non-hydrogen) atoms. The van der Waals surface area contributed by atoms with Crippen LogP contribution in [0.25, 0.3) is 11.0 Å². The standard InChI is InChI=1S/C21H33N5O3/c1-6-7-8-28-11-14-9-13(2)18(26(14)20(27)29-21(3,4)5)15-10-23-17-16(15)24-12-25-19(17)22/h10,12-14,18,23H,6-9,11H2,1-5H3,(H2,22,24,25)/t13-,14-,18+/m0/s1. The number of carbonyl (C=O) groups excluding carboxylic acids is 1. The number of H-pyrrole nitrogens is 1. The van der Waals surface area contributed by atoms with Crippen molar-refractivity contribution in [2.75, 3.05) is 18.9 Å². The lowest BCUT2D eigenvalue weighted by molar-refractivity contribution is 0.000503. The zero-order valence-electron chi connectivity index (χ0n) is 18.1. The smallest absolute Gasteiger partial charge is 0.411 e. The summed E-state index contributed by atoms with van der Waals surface area (Å²) >= 11 is 0. The maximum absolute atomic E-state index is 13.2. The van der Waals surface area contributed by atoms with Crippen LogP contribution in [0, 0.1) is 5.92 Å². The predicted molar refractivity (Wildman–Crippen MR) is 112 cm³/mol. The number of nitrogens with two attached hydrogens (primary N) is 1. The number of carbonyl (C=O) groups is 1. The number of amides is 1. The zero-order valence-corrected chi connectivity index (χ0v) is 18.1. The highest BCUT2D eigenvalue weighted by Gasteiger charge is 2.45. The Bertz CT molecular complexity index is 844. The van der Waals surface area contributed by atoms with Crippen molar-refractivity contribution in [2.45, 2.75) is 71.6 Å². The van der Waals surface area contributed by atoms with Gasteiger partial charge in [0.05, 0.1) is 24.2 Å². The van der Waals surface area contributed by atoms with Gasteiger partial charge >= 0.3 is 6.09 Å². The van der Waals surface area contributed by atoms with Gasteiger partial charge in [-0.05, 0) is 39.5 Å². The molecule has 0 unspecified atom stereocenters. The summed E-state index contributed by atoms with van der Waals surface area (Å²) in [5, 5.41) is 0. The number of ether oxygens (including phenoxy) is 2. The maximum atomic E-state index is 13.2. The van der Waals surface area contributed by atoms with Crippen LogP contribution < -0.4 is 5.73 Å². The van der Waals surface area contributed by atoms with Crippen LogP contribution in [0.4, 0.5) is 10.6 Å². The highest BCUT2D eigenvalue weighted by molar-refractivity contribution is 5.87. The Morgan fingerprint density at radius 2 is 2.14 bits per heavy atom. The molecule has 8 heteroatoms. The lowest BCUT2D eigenvalue weighted by atomic mass is 9.96. The van der Waals surface area contributed by atoms with Crippen LogP contribution in [0.2, 0.25) is 0 Å². The fraction of sp³-hybridized carbons (Fsp3) is 0.667. The Labute approximate surface area is 172 Å². The summed E-state index contributed by atoms with van der Waals surface area (Å²) < 4.78 is 11.6. The number of likely N-dealkylation sites (tertiary alicyclic amines) is 1. The number of anilines is 1. The first kappa shape index (κ1) is 21.4. The predicted octanol–water partition coefficient (Wildman–Crippen LogP) is 4.04. The van der Waals surface area contributed by atoms with Gasteiger partial charge in [0.15, 0.2) is 5.82 Å². The van der Waals surface area contributed by atoms with Gasteiger partial charge in [-0.1, -0.05) is 20.3 Å². The van der Waals surface area contributed by atoms with Crippen molar-refractivity contribution in [3.8, 4) is 0 Å². The fourth-order valence-corrected chi connectivity index (χ4v) is 4.02. The third kappa shape index (κ3) is 4.63. The van der Waals surface area contributed by atoms with Crippen molar-refractivity contribution in [1.82, 2.24) is 19.9 Å². The van der Waals surface area contributed by atoms with Crippen LogP contribution in [0.1, 0.15) is 65.5 Å². The zero-order chi connectivity index (χ0) is 21.2. The molecule has 0 bridgehead atoms. The first-order valence-electron chi connectivity index (χ1n) is 10.4. The summed E-state index contributed by atoms with van der Waals surface area (Å²) in [7, 11) is 0. The van der Waals surface area contributed by atoms with Gasteiger partial charge in [0.25, 0.3) is 0 Å². The Morgan fingerprint density at radius 3 is 2.83 bits per heavy atom. The summed E-state index contributed by atoms with van der Waals surface area (Å²) in [6.45, 7) is 11.1. The van der Waals surface area contributed by atoms with Gasteiger partial charge in [0.1, 0.15) is 17.4 Å². The van der Waals surface area contributed by atoms with E-state index in [9.17, 15) is 4.79 Å². The number of aromatic nitrogens is 3. The second kappa shape index (κ2) is 8.57. The van der Waals surface area contributed by atoms with Crippen LogP contribution in [-0.2, 0) is 9.47 Å². The summed E-state index contributed by atoms with van der Waals surface area (Å²) in [6.07, 6.45) is 5.94. The third-order valence-corrected chi connectivity index (χ3v) is 5.27. The Hall–Kier alpha value is -2.35. The number of unbranched alkanes of at least 4 members (excludes halogenated alkanes) is 1. The quantitative estimate of drug-likeness (QED) is 0.705. The average molecular weight is 404 g/mol. The van der Waals surface area contributed by atoms with E-state index in [4.69, 9.17) is 15.2 Å². The van der Waals surface area contributed by atoms with E-state index in [1.807, 2.05) is 31.9 Å². The van der Waals surface area contributed by atoms with Crippen LogP contribution in [0.3, 0.4) is 0 Å². The minimum Gasteiger partial charge on any atom is -0.444 e. The van der Waals surface area contributed by atoms with Gasteiger partial charge in [-0.25, -0.2) is 14.8 Å². The molecule has 2 aromatic rings. The minimum absolute atomic E-state index is 0.0501. The molecular weight excluding hydrogens is 370 g/mol. The van der Waals surface area contributed by atoms with Crippen LogP contribution in [-0.4, -0.2) is 50.8 Å². The Balaban J connectivity index is 1.93. The molecule has 3 atom stereocenters.